The van der Waals surface area contributed by atoms with Gasteiger partial charge < -0.3 is 14.2 Å². The molecule has 0 bridgehead atoms. The lowest BCUT2D eigenvalue weighted by molar-refractivity contribution is -0.385. The fourth-order valence-corrected chi connectivity index (χ4v) is 2.15. The Morgan fingerprint density at radius 1 is 1.33 bits per heavy atom. The molecule has 128 valence electrons. The largest absolute Gasteiger partial charge is 0.456 e. The van der Waals surface area contributed by atoms with Crippen molar-refractivity contribution in [3.63, 3.8) is 0 Å². The van der Waals surface area contributed by atoms with E-state index in [9.17, 15) is 19.7 Å². The molecule has 1 heterocycles. The number of carbonyl (C=O) groups is 2. The van der Waals surface area contributed by atoms with Crippen LogP contribution in [0.15, 0.2) is 29.8 Å². The molecule has 8 nitrogen and oxygen atoms in total. The Bertz CT molecular complexity index is 689. The Balaban J connectivity index is 2.21. The first-order chi connectivity index (χ1) is 11.3. The minimum atomic E-state index is -1.05. The second-order valence-corrected chi connectivity index (χ2v) is 5.34. The number of para-hydroxylation sites is 1. The summed E-state index contributed by atoms with van der Waals surface area (Å²) in [4.78, 5) is 34.4. The topological polar surface area (TPSA) is 105 Å². The molecule has 0 unspecified atom stereocenters. The summed E-state index contributed by atoms with van der Waals surface area (Å²) in [5.74, 6) is -2.49. The van der Waals surface area contributed by atoms with Crippen LogP contribution in [0.3, 0.4) is 0 Å². The van der Waals surface area contributed by atoms with Crippen LogP contribution in [0.1, 0.15) is 19.4 Å². The van der Waals surface area contributed by atoms with Gasteiger partial charge in [-0.15, -0.1) is 0 Å². The molecular formula is C16H17NO7. The van der Waals surface area contributed by atoms with Crippen molar-refractivity contribution in [2.75, 3.05) is 19.8 Å². The van der Waals surface area contributed by atoms with E-state index < -0.39 is 22.5 Å². The molecule has 0 amide bonds. The molecule has 24 heavy (non-hydrogen) atoms. The van der Waals surface area contributed by atoms with Crippen LogP contribution in [0.5, 0.6) is 0 Å². The van der Waals surface area contributed by atoms with E-state index in [4.69, 9.17) is 14.2 Å². The number of hydrogen-bond acceptors (Lipinski definition) is 7. The van der Waals surface area contributed by atoms with Crippen LogP contribution >= 0.6 is 0 Å². The van der Waals surface area contributed by atoms with Crippen LogP contribution in [0.2, 0.25) is 0 Å². The van der Waals surface area contributed by atoms with E-state index in [1.165, 1.54) is 25.1 Å². The van der Waals surface area contributed by atoms with Gasteiger partial charge in [0.15, 0.2) is 11.6 Å². The monoisotopic (exact) mass is 335 g/mol. The van der Waals surface area contributed by atoms with Crippen molar-refractivity contribution in [3.05, 3.63) is 45.5 Å². The normalized spacial score (nSPS) is 16.7. The lowest BCUT2D eigenvalue weighted by Gasteiger charge is -2.21. The van der Waals surface area contributed by atoms with Crippen molar-refractivity contribution < 1.29 is 28.7 Å². The summed E-state index contributed by atoms with van der Waals surface area (Å²) >= 11 is 0. The second kappa shape index (κ2) is 7.33. The summed E-state index contributed by atoms with van der Waals surface area (Å²) in [5.41, 5.74) is -0.353. The van der Waals surface area contributed by atoms with Gasteiger partial charge in [-0.3, -0.25) is 14.9 Å². The van der Waals surface area contributed by atoms with Crippen molar-refractivity contribution in [1.82, 2.24) is 0 Å². The van der Waals surface area contributed by atoms with E-state index in [0.29, 0.717) is 13.2 Å². The molecule has 1 aliphatic rings. The maximum Gasteiger partial charge on any atom is 0.341 e. The van der Waals surface area contributed by atoms with Gasteiger partial charge in [0.05, 0.1) is 23.7 Å². The van der Waals surface area contributed by atoms with E-state index in [-0.39, 0.29) is 23.4 Å². The van der Waals surface area contributed by atoms with Gasteiger partial charge in [0.1, 0.15) is 12.2 Å². The van der Waals surface area contributed by atoms with Crippen molar-refractivity contribution in [2.45, 2.75) is 19.6 Å². The van der Waals surface area contributed by atoms with E-state index in [1.807, 2.05) is 0 Å². The molecule has 1 aromatic rings. The van der Waals surface area contributed by atoms with E-state index in [0.717, 1.165) is 6.08 Å². The first-order valence-electron chi connectivity index (χ1n) is 7.23. The number of carbonyl (C=O) groups excluding carboxylic acids is 2. The highest BCUT2D eigenvalue weighted by molar-refractivity contribution is 6.20. The van der Waals surface area contributed by atoms with Crippen LogP contribution in [-0.4, -0.2) is 42.3 Å². The molecule has 0 saturated carbocycles. The van der Waals surface area contributed by atoms with Gasteiger partial charge in [-0.25, -0.2) is 4.79 Å². The highest BCUT2D eigenvalue weighted by atomic mass is 16.8. The van der Waals surface area contributed by atoms with E-state index >= 15 is 0 Å². The predicted molar refractivity (Wildman–Crippen MR) is 83.0 cm³/mol. The smallest absolute Gasteiger partial charge is 0.341 e. The Kier molecular flexibility index (Phi) is 5.42. The fraction of sp³-hybridized carbons (Fsp3) is 0.375. The average Bonchev–Trinajstić information content (AvgIpc) is 2.97. The highest BCUT2D eigenvalue weighted by Crippen LogP contribution is 2.23. The number of rotatable bonds is 6. The zero-order chi connectivity index (χ0) is 17.7. The average molecular weight is 335 g/mol. The molecule has 0 spiro atoms. The first-order valence-corrected chi connectivity index (χ1v) is 7.23. The van der Waals surface area contributed by atoms with Crippen molar-refractivity contribution in [2.24, 2.45) is 0 Å². The van der Waals surface area contributed by atoms with Gasteiger partial charge in [-0.2, -0.15) is 0 Å². The Morgan fingerprint density at radius 2 is 1.96 bits per heavy atom. The maximum atomic E-state index is 12.2. The number of nitrogens with zero attached hydrogens (tertiary/aromatic N) is 1. The molecule has 0 atom stereocenters. The van der Waals surface area contributed by atoms with Gasteiger partial charge in [-0.1, -0.05) is 12.1 Å². The van der Waals surface area contributed by atoms with Crippen LogP contribution in [-0.2, 0) is 23.8 Å². The third kappa shape index (κ3) is 4.24. The molecule has 0 aliphatic carbocycles. The van der Waals surface area contributed by atoms with Gasteiger partial charge in [0, 0.05) is 6.07 Å². The van der Waals surface area contributed by atoms with Crippen molar-refractivity contribution in [3.8, 4) is 0 Å². The lowest BCUT2D eigenvalue weighted by atomic mass is 10.1. The molecule has 0 radical (unpaired) electrons. The SMILES string of the molecule is CC(=O)/C(=C/c1ccccc1[N+](=O)[O-])C(=O)OCC1(C)OCCO1. The summed E-state index contributed by atoms with van der Waals surface area (Å²) in [5, 5.41) is 11.0. The van der Waals surface area contributed by atoms with Crippen LogP contribution in [0.25, 0.3) is 6.08 Å². The summed E-state index contributed by atoms with van der Waals surface area (Å²) < 4.78 is 15.7. The predicted octanol–water partition coefficient (Wildman–Crippen LogP) is 1.87. The van der Waals surface area contributed by atoms with Crippen LogP contribution in [0, 0.1) is 10.1 Å². The molecule has 1 saturated heterocycles. The molecule has 8 heteroatoms. The van der Waals surface area contributed by atoms with Crippen LogP contribution < -0.4 is 0 Å². The quantitative estimate of drug-likeness (QED) is 0.195. The van der Waals surface area contributed by atoms with Gasteiger partial charge in [0.2, 0.25) is 0 Å². The van der Waals surface area contributed by atoms with Crippen molar-refractivity contribution >= 4 is 23.5 Å². The first kappa shape index (κ1) is 17.8. The number of ether oxygens (including phenoxy) is 3. The summed E-state index contributed by atoms with van der Waals surface area (Å²) in [6, 6.07) is 5.80. The number of Topliss-reactive ketones (excluding diaryl/α,β-unsaturated/α-hetero) is 1. The van der Waals surface area contributed by atoms with Crippen LogP contribution in [0.4, 0.5) is 5.69 Å². The maximum absolute atomic E-state index is 12.2. The summed E-state index contributed by atoms with van der Waals surface area (Å²) in [7, 11) is 0. The number of benzene rings is 1. The fourth-order valence-electron chi connectivity index (χ4n) is 2.15. The zero-order valence-corrected chi connectivity index (χ0v) is 13.3. The van der Waals surface area contributed by atoms with E-state index in [1.54, 1.807) is 13.0 Å². The number of esters is 1. The standard InChI is InChI=1S/C16H17NO7/c1-11(18)13(9-12-5-3-4-6-14(12)17(20)21)15(19)22-10-16(2)23-7-8-24-16/h3-6,9H,7-8,10H2,1-2H3/b13-9-. The lowest BCUT2D eigenvalue weighted by Crippen LogP contribution is -2.33. The molecule has 0 aromatic heterocycles. The minimum absolute atomic E-state index is 0.143. The number of nitro groups is 1. The molecule has 2 rings (SSSR count). The van der Waals surface area contributed by atoms with Crippen molar-refractivity contribution in [1.29, 1.82) is 0 Å². The Hall–Kier alpha value is -2.58. The summed E-state index contributed by atoms with van der Waals surface area (Å²) in [6.07, 6.45) is 1.15. The third-order valence-electron chi connectivity index (χ3n) is 3.40. The minimum Gasteiger partial charge on any atom is -0.456 e. The Labute approximate surface area is 138 Å². The second-order valence-electron chi connectivity index (χ2n) is 5.34. The summed E-state index contributed by atoms with van der Waals surface area (Å²) in [6.45, 7) is 3.39. The molecule has 1 aromatic carbocycles. The molecule has 0 N–H and O–H groups in total. The molecule has 1 fully saturated rings. The third-order valence-corrected chi connectivity index (χ3v) is 3.40. The van der Waals surface area contributed by atoms with Gasteiger partial charge in [-0.05, 0) is 26.0 Å². The van der Waals surface area contributed by atoms with E-state index in [2.05, 4.69) is 0 Å². The number of nitro benzene ring substituents is 1. The zero-order valence-electron chi connectivity index (χ0n) is 13.3. The van der Waals surface area contributed by atoms with Gasteiger partial charge in [0.25, 0.3) is 5.69 Å². The number of ketones is 1. The highest BCUT2D eigenvalue weighted by Gasteiger charge is 2.33. The number of hydrogen-bond donors (Lipinski definition) is 0. The molecular weight excluding hydrogens is 318 g/mol. The Morgan fingerprint density at radius 3 is 2.54 bits per heavy atom. The van der Waals surface area contributed by atoms with Gasteiger partial charge >= 0.3 is 5.97 Å². The molecule has 1 aliphatic heterocycles.